The Morgan fingerprint density at radius 3 is 2.56 bits per heavy atom. The highest BCUT2D eigenvalue weighted by atomic mass is 31.2. The van der Waals surface area contributed by atoms with Crippen LogP contribution in [0.4, 0.5) is 0 Å². The van der Waals surface area contributed by atoms with Gasteiger partial charge < -0.3 is 4.89 Å². The lowest BCUT2D eigenvalue weighted by molar-refractivity contribution is 0.483. The van der Waals surface area contributed by atoms with E-state index in [2.05, 4.69) is 0 Å². The molecule has 0 aliphatic carbocycles. The number of hydrogen-bond acceptors (Lipinski definition) is 1. The predicted molar refractivity (Wildman–Crippen MR) is 40.0 cm³/mol. The van der Waals surface area contributed by atoms with Gasteiger partial charge in [0.25, 0.3) is 0 Å². The average molecular weight is 148 g/mol. The zero-order valence-electron chi connectivity index (χ0n) is 5.87. The summed E-state index contributed by atoms with van der Waals surface area (Å²) in [5.41, 5.74) is 0. The van der Waals surface area contributed by atoms with E-state index in [-0.39, 0.29) is 0 Å². The summed E-state index contributed by atoms with van der Waals surface area (Å²) >= 11 is 0. The molecule has 2 nitrogen and oxygen atoms in total. The maximum Gasteiger partial charge on any atom is 0.204 e. The molecular weight excluding hydrogens is 135 g/mol. The third kappa shape index (κ3) is 4.43. The molecule has 0 bridgehead atoms. The second-order valence-electron chi connectivity index (χ2n) is 1.91. The average Bonchev–Trinajstić information content (AvgIpc) is 1.84. The van der Waals surface area contributed by atoms with E-state index in [1.807, 2.05) is 6.92 Å². The largest absolute Gasteiger partial charge is 0.344 e. The molecule has 0 aliphatic rings. The quantitative estimate of drug-likeness (QED) is 0.490. The smallest absolute Gasteiger partial charge is 0.204 e. The van der Waals surface area contributed by atoms with E-state index < -0.39 is 7.37 Å². The number of hydrogen-bond donors (Lipinski definition) is 1. The highest BCUT2D eigenvalue weighted by Crippen LogP contribution is 2.39. The summed E-state index contributed by atoms with van der Waals surface area (Å²) in [4.78, 5) is 8.96. The molecule has 0 aromatic carbocycles. The predicted octanol–water partition coefficient (Wildman–Crippen LogP) is 1.85. The minimum absolute atomic E-state index is 0.319. The summed E-state index contributed by atoms with van der Waals surface area (Å²) in [7, 11) is -2.78. The van der Waals surface area contributed by atoms with Gasteiger partial charge in [-0.1, -0.05) is 19.1 Å². The first-order valence-electron chi connectivity index (χ1n) is 3.04. The van der Waals surface area contributed by atoms with Crippen LogP contribution in [-0.2, 0) is 4.57 Å². The van der Waals surface area contributed by atoms with Crippen molar-refractivity contribution in [2.75, 3.05) is 12.3 Å². The standard InChI is InChI=1S/C6H13O2P/c1-3-5-6-9(7,8)4-2/h3,5H,4,6H2,1-2H3,(H,7,8)/b5-3+. The van der Waals surface area contributed by atoms with Gasteiger partial charge in [0.1, 0.15) is 0 Å². The van der Waals surface area contributed by atoms with Crippen LogP contribution in [0.2, 0.25) is 0 Å². The van der Waals surface area contributed by atoms with Crippen molar-refractivity contribution >= 4 is 7.37 Å². The Bertz CT molecular complexity index is 140. The van der Waals surface area contributed by atoms with Crippen molar-refractivity contribution in [1.29, 1.82) is 0 Å². The fourth-order valence-electron chi connectivity index (χ4n) is 0.399. The molecule has 0 spiro atoms. The van der Waals surface area contributed by atoms with E-state index in [0.717, 1.165) is 0 Å². The Kier molecular flexibility index (Phi) is 3.83. The molecule has 1 N–H and O–H groups in total. The van der Waals surface area contributed by atoms with Crippen LogP contribution in [-0.4, -0.2) is 17.2 Å². The van der Waals surface area contributed by atoms with Crippen LogP contribution in [0.15, 0.2) is 12.2 Å². The van der Waals surface area contributed by atoms with Crippen LogP contribution in [0.3, 0.4) is 0 Å². The second-order valence-corrected chi connectivity index (χ2v) is 4.60. The van der Waals surface area contributed by atoms with Crippen molar-refractivity contribution < 1.29 is 9.46 Å². The zero-order valence-corrected chi connectivity index (χ0v) is 6.77. The summed E-state index contributed by atoms with van der Waals surface area (Å²) in [6.07, 6.45) is 4.21. The summed E-state index contributed by atoms with van der Waals surface area (Å²) < 4.78 is 10.8. The fraction of sp³-hybridized carbons (Fsp3) is 0.667. The molecule has 3 heteroatoms. The Hall–Kier alpha value is -0.0700. The summed E-state index contributed by atoms with van der Waals surface area (Å²) in [5, 5.41) is 0. The number of rotatable bonds is 3. The molecule has 9 heavy (non-hydrogen) atoms. The Morgan fingerprint density at radius 1 is 1.67 bits per heavy atom. The summed E-state index contributed by atoms with van der Waals surface area (Å²) in [6.45, 7) is 3.57. The van der Waals surface area contributed by atoms with E-state index in [1.54, 1.807) is 19.1 Å². The first-order valence-corrected chi connectivity index (χ1v) is 5.07. The second kappa shape index (κ2) is 3.86. The normalized spacial score (nSPS) is 18.1. The maximum absolute atomic E-state index is 10.8. The third-order valence-electron chi connectivity index (χ3n) is 1.12. The Morgan fingerprint density at radius 2 is 2.22 bits per heavy atom. The molecule has 0 heterocycles. The molecule has 0 radical (unpaired) electrons. The van der Waals surface area contributed by atoms with Gasteiger partial charge in [0.05, 0.1) is 0 Å². The van der Waals surface area contributed by atoms with Gasteiger partial charge in [-0.05, 0) is 6.92 Å². The first-order chi connectivity index (χ1) is 4.12. The van der Waals surface area contributed by atoms with Crippen LogP contribution in [0.5, 0.6) is 0 Å². The van der Waals surface area contributed by atoms with Crippen molar-refractivity contribution in [3.63, 3.8) is 0 Å². The van der Waals surface area contributed by atoms with Crippen LogP contribution >= 0.6 is 7.37 Å². The molecule has 0 fully saturated rings. The van der Waals surface area contributed by atoms with Gasteiger partial charge >= 0.3 is 0 Å². The van der Waals surface area contributed by atoms with Gasteiger partial charge in [-0.15, -0.1) is 0 Å². The molecule has 1 atom stereocenters. The highest BCUT2D eigenvalue weighted by Gasteiger charge is 2.10. The highest BCUT2D eigenvalue weighted by molar-refractivity contribution is 7.58. The molecule has 0 saturated carbocycles. The van der Waals surface area contributed by atoms with Crippen LogP contribution in [0.1, 0.15) is 13.8 Å². The van der Waals surface area contributed by atoms with E-state index >= 15 is 0 Å². The molecule has 0 amide bonds. The molecule has 54 valence electrons. The molecule has 0 aliphatic heterocycles. The molecule has 0 aromatic heterocycles. The SMILES string of the molecule is C/C=C/CP(=O)(O)CC. The lowest BCUT2D eigenvalue weighted by atomic mass is 10.6. The van der Waals surface area contributed by atoms with Gasteiger partial charge in [0.2, 0.25) is 7.37 Å². The fourth-order valence-corrected chi connectivity index (χ4v) is 1.20. The maximum atomic E-state index is 10.8. The topological polar surface area (TPSA) is 37.3 Å². The van der Waals surface area contributed by atoms with E-state index in [9.17, 15) is 4.57 Å². The zero-order chi connectivity index (χ0) is 7.33. The summed E-state index contributed by atoms with van der Waals surface area (Å²) in [6, 6.07) is 0. The van der Waals surface area contributed by atoms with Gasteiger partial charge in [-0.2, -0.15) is 0 Å². The Labute approximate surface area is 56.0 Å². The van der Waals surface area contributed by atoms with Crippen molar-refractivity contribution in [1.82, 2.24) is 0 Å². The van der Waals surface area contributed by atoms with Crippen molar-refractivity contribution in [2.45, 2.75) is 13.8 Å². The lowest BCUT2D eigenvalue weighted by Gasteiger charge is -2.02. The molecular formula is C6H13O2P. The molecule has 0 aromatic rings. The third-order valence-corrected chi connectivity index (χ3v) is 2.89. The van der Waals surface area contributed by atoms with E-state index in [0.29, 0.717) is 12.3 Å². The van der Waals surface area contributed by atoms with Crippen LogP contribution in [0.25, 0.3) is 0 Å². The van der Waals surface area contributed by atoms with Gasteiger partial charge in [-0.25, -0.2) is 0 Å². The monoisotopic (exact) mass is 148 g/mol. The first kappa shape index (κ1) is 8.93. The Balaban J connectivity index is 3.73. The lowest BCUT2D eigenvalue weighted by Crippen LogP contribution is -1.86. The van der Waals surface area contributed by atoms with Crippen LogP contribution < -0.4 is 0 Å². The van der Waals surface area contributed by atoms with E-state index in [1.165, 1.54) is 0 Å². The molecule has 1 unspecified atom stereocenters. The van der Waals surface area contributed by atoms with E-state index in [4.69, 9.17) is 4.89 Å². The van der Waals surface area contributed by atoms with Crippen molar-refractivity contribution in [3.05, 3.63) is 12.2 Å². The summed E-state index contributed by atoms with van der Waals surface area (Å²) in [5.74, 6) is 0. The molecule has 0 saturated heterocycles. The van der Waals surface area contributed by atoms with Gasteiger partial charge in [0.15, 0.2) is 0 Å². The van der Waals surface area contributed by atoms with Crippen LogP contribution in [0, 0.1) is 0 Å². The van der Waals surface area contributed by atoms with Gasteiger partial charge in [-0.3, -0.25) is 4.57 Å². The van der Waals surface area contributed by atoms with Crippen molar-refractivity contribution in [2.24, 2.45) is 0 Å². The number of allylic oxidation sites excluding steroid dienone is 2. The minimum atomic E-state index is -2.78. The van der Waals surface area contributed by atoms with Crippen molar-refractivity contribution in [3.8, 4) is 0 Å². The van der Waals surface area contributed by atoms with Gasteiger partial charge in [0, 0.05) is 12.3 Å². The molecule has 0 rings (SSSR count). The minimum Gasteiger partial charge on any atom is -0.344 e.